The van der Waals surface area contributed by atoms with Gasteiger partial charge in [-0.05, 0) is 41.0 Å². The number of carbonyl (C=O) groups excluding carboxylic acids is 11. The summed E-state index contributed by atoms with van der Waals surface area (Å²) in [6.07, 6.45) is -0.341. The van der Waals surface area contributed by atoms with Gasteiger partial charge < -0.3 is 105 Å². The number of amides is 11. The number of H-pyrrole nitrogens is 1. The SMILES string of the molecule is N[C@@H](CC(=O)O)C(=O)NCC(=O)NCC(=O)N[C@@H](Cc1cnc[nH]1)C(=O)NCC(=O)N[C@@H](Cc1ccc(O)cc1)C(=O)NCC(=O)N[C@@H](CO)C(=O)N[C@@H](CO)C(=O)N[C@@H](Cc1ccccc1)C(=O)N[C@@H](CC(=O)O)C(=O)N[C@@H](Cc1ccc(O)cc1)C(=O)O. The third-order valence-corrected chi connectivity index (χ3v) is 12.7. The first-order valence-corrected chi connectivity index (χ1v) is 27.1. The smallest absolute Gasteiger partial charge is 0.326 e. The van der Waals surface area contributed by atoms with Crippen molar-refractivity contribution in [2.75, 3.05) is 39.4 Å². The Labute approximate surface area is 510 Å². The summed E-state index contributed by atoms with van der Waals surface area (Å²) in [5, 5.41) is 92.7. The molecule has 35 nitrogen and oxygen atoms in total. The summed E-state index contributed by atoms with van der Waals surface area (Å²) in [5.41, 5.74) is 6.92. The molecule has 1 aromatic heterocycles. The molecule has 0 saturated carbocycles. The predicted molar refractivity (Wildman–Crippen MR) is 306 cm³/mol. The van der Waals surface area contributed by atoms with Crippen molar-refractivity contribution in [2.24, 2.45) is 5.73 Å². The molecule has 0 unspecified atom stereocenters. The van der Waals surface area contributed by atoms with Crippen LogP contribution in [0.25, 0.3) is 0 Å². The molecule has 1 heterocycles. The maximum Gasteiger partial charge on any atom is 0.326 e. The first-order valence-electron chi connectivity index (χ1n) is 27.1. The van der Waals surface area contributed by atoms with Gasteiger partial charge in [0.15, 0.2) is 0 Å². The highest BCUT2D eigenvalue weighted by Gasteiger charge is 2.34. The van der Waals surface area contributed by atoms with E-state index in [1.54, 1.807) is 18.2 Å². The van der Waals surface area contributed by atoms with Gasteiger partial charge in [0.25, 0.3) is 0 Å². The van der Waals surface area contributed by atoms with Crippen molar-refractivity contribution in [2.45, 2.75) is 86.9 Å². The van der Waals surface area contributed by atoms with Crippen molar-refractivity contribution < 1.29 is 103 Å². The van der Waals surface area contributed by atoms with E-state index >= 15 is 0 Å². The number of carbonyl (C=O) groups is 14. The fourth-order valence-electron chi connectivity index (χ4n) is 8.03. The van der Waals surface area contributed by atoms with Crippen LogP contribution in [0.4, 0.5) is 0 Å². The molecule has 0 radical (unpaired) electrons. The van der Waals surface area contributed by atoms with Crippen molar-refractivity contribution in [3.05, 3.63) is 114 Å². The summed E-state index contributed by atoms with van der Waals surface area (Å²) in [4.78, 5) is 187. The van der Waals surface area contributed by atoms with Crippen molar-refractivity contribution in [1.29, 1.82) is 0 Å². The fourth-order valence-corrected chi connectivity index (χ4v) is 8.03. The Bertz CT molecular complexity index is 3170. The Balaban J connectivity index is 1.38. The molecular weight excluding hydrogens is 1190 g/mol. The number of rotatable bonds is 37. The van der Waals surface area contributed by atoms with Gasteiger partial charge in [0.2, 0.25) is 65.0 Å². The maximum absolute atomic E-state index is 13.9. The summed E-state index contributed by atoms with van der Waals surface area (Å²) in [6, 6.07) is 5.07. The molecule has 21 N–H and O–H groups in total. The number of imidazole rings is 1. The summed E-state index contributed by atoms with van der Waals surface area (Å²) in [6.45, 7) is -5.44. The first-order chi connectivity index (χ1) is 42.7. The Morgan fingerprint density at radius 2 is 0.789 bits per heavy atom. The van der Waals surface area contributed by atoms with E-state index in [9.17, 15) is 97.8 Å². The lowest BCUT2D eigenvalue weighted by molar-refractivity contribution is -0.143. The number of aromatic amines is 1. The molecule has 0 aliphatic heterocycles. The standard InChI is InChI=1S/C55H68N14O21/c56-34(18-46(78)79)48(82)59-21-42(74)58-22-43(75)64-37(17-31-20-57-27-62-31)50(84)61-23-44(76)63-35(15-29-6-10-32(72)11-7-29)49(83)60-24-45(77)65-40(25-70)53(87)69-41(26-71)54(88)66-36(14-28-4-2-1-3-5-28)51(85)67-38(19-47(80)81)52(86)68-39(55(89)90)16-30-8-12-33(73)13-9-30/h1-13,20,27,34-41,70-73H,14-19,21-26,56H2,(H,57,62)(H,58,74)(H,59,82)(H,60,83)(H,61,84)(H,63,76)(H,64,75)(H,65,77)(H,66,88)(H,67,85)(H,68,86)(H,69,87)(H,78,79)(H,80,81)(H,89,90)/t34-,35-,36-,37-,38-,39-,40-,41-/m0/s1. The molecule has 3 aromatic carbocycles. The molecule has 0 spiro atoms. The molecule has 90 heavy (non-hydrogen) atoms. The molecule has 11 amide bonds. The van der Waals surface area contributed by atoms with Crippen molar-refractivity contribution in [1.82, 2.24) is 68.5 Å². The van der Waals surface area contributed by atoms with Crippen molar-refractivity contribution in [3.8, 4) is 11.5 Å². The van der Waals surface area contributed by atoms with Crippen LogP contribution in [-0.4, -0.2) is 216 Å². The summed E-state index contributed by atoms with van der Waals surface area (Å²) in [7, 11) is 0. The number of hydrogen-bond donors (Lipinski definition) is 20. The molecule has 0 bridgehead atoms. The van der Waals surface area contributed by atoms with Crippen LogP contribution in [0.5, 0.6) is 11.5 Å². The lowest BCUT2D eigenvalue weighted by Gasteiger charge is -2.26. The molecule has 0 aliphatic carbocycles. The summed E-state index contributed by atoms with van der Waals surface area (Å²) in [5.74, 6) is -16.5. The number of aromatic hydroxyl groups is 2. The van der Waals surface area contributed by atoms with Crippen LogP contribution in [0.3, 0.4) is 0 Å². The van der Waals surface area contributed by atoms with Crippen LogP contribution in [0.1, 0.15) is 35.2 Å². The quantitative estimate of drug-likeness (QED) is 0.0199. The van der Waals surface area contributed by atoms with E-state index in [-0.39, 0.29) is 37.2 Å². The number of aliphatic hydroxyl groups excluding tert-OH is 2. The molecule has 484 valence electrons. The average molecular weight is 1260 g/mol. The van der Waals surface area contributed by atoms with Crippen molar-refractivity contribution in [3.63, 3.8) is 0 Å². The third-order valence-electron chi connectivity index (χ3n) is 12.7. The second-order valence-electron chi connectivity index (χ2n) is 19.8. The van der Waals surface area contributed by atoms with E-state index in [1.807, 2.05) is 0 Å². The Kier molecular flexibility index (Phi) is 28.7. The minimum absolute atomic E-state index is 0.125. The zero-order valence-electron chi connectivity index (χ0n) is 47.6. The van der Waals surface area contributed by atoms with Crippen LogP contribution >= 0.6 is 0 Å². The van der Waals surface area contributed by atoms with Crippen LogP contribution in [0, 0.1) is 0 Å². The lowest BCUT2D eigenvalue weighted by Crippen LogP contribution is -2.60. The number of phenols is 2. The highest BCUT2D eigenvalue weighted by Crippen LogP contribution is 2.14. The Morgan fingerprint density at radius 3 is 1.27 bits per heavy atom. The van der Waals surface area contributed by atoms with E-state index in [4.69, 9.17) is 10.8 Å². The fraction of sp³-hybridized carbons (Fsp3) is 0.364. The van der Waals surface area contributed by atoms with E-state index in [0.29, 0.717) is 22.4 Å². The molecule has 8 atom stereocenters. The molecule has 4 aromatic rings. The maximum atomic E-state index is 13.9. The number of carboxylic acid groups (broad SMARTS) is 3. The minimum atomic E-state index is -1.93. The zero-order valence-corrected chi connectivity index (χ0v) is 47.6. The Morgan fingerprint density at radius 1 is 0.411 bits per heavy atom. The van der Waals surface area contributed by atoms with Gasteiger partial charge in [-0.1, -0.05) is 54.6 Å². The van der Waals surface area contributed by atoms with Crippen LogP contribution in [0.15, 0.2) is 91.4 Å². The van der Waals surface area contributed by atoms with Gasteiger partial charge >= 0.3 is 17.9 Å². The molecular formula is C55H68N14O21. The highest BCUT2D eigenvalue weighted by molar-refractivity contribution is 5.99. The summed E-state index contributed by atoms with van der Waals surface area (Å²) >= 11 is 0. The van der Waals surface area contributed by atoms with Crippen LogP contribution < -0.4 is 64.2 Å². The van der Waals surface area contributed by atoms with Gasteiger partial charge in [-0.15, -0.1) is 0 Å². The van der Waals surface area contributed by atoms with Gasteiger partial charge in [0.05, 0.1) is 64.6 Å². The van der Waals surface area contributed by atoms with Crippen LogP contribution in [0.2, 0.25) is 0 Å². The monoisotopic (exact) mass is 1260 g/mol. The number of aliphatic carboxylic acids is 3. The number of hydrogen-bond acceptors (Lipinski definition) is 20. The summed E-state index contributed by atoms with van der Waals surface area (Å²) < 4.78 is 0. The number of aromatic nitrogens is 2. The second-order valence-corrected chi connectivity index (χ2v) is 19.8. The third kappa shape index (κ3) is 25.5. The largest absolute Gasteiger partial charge is 0.508 e. The average Bonchev–Trinajstić information content (AvgIpc) is 1.68. The number of benzene rings is 3. The number of aliphatic hydroxyl groups is 2. The minimum Gasteiger partial charge on any atom is -0.508 e. The number of nitrogens with zero attached hydrogens (tertiary/aromatic N) is 1. The van der Waals surface area contributed by atoms with Crippen molar-refractivity contribution >= 4 is 82.9 Å². The number of nitrogens with one attached hydrogen (secondary N) is 12. The number of phenolic OH excluding ortho intramolecular Hbond substituents is 2. The second kappa shape index (κ2) is 36.2. The van der Waals surface area contributed by atoms with Crippen LogP contribution in [-0.2, 0) is 92.8 Å². The lowest BCUT2D eigenvalue weighted by atomic mass is 10.0. The first kappa shape index (κ1) is 71.4. The van der Waals surface area contributed by atoms with E-state index in [0.717, 1.165) is 0 Å². The number of carboxylic acids is 3. The molecule has 0 fully saturated rings. The highest BCUT2D eigenvalue weighted by atomic mass is 16.4. The van der Waals surface area contributed by atoms with Gasteiger partial charge in [0, 0.05) is 37.6 Å². The molecule has 35 heteroatoms. The van der Waals surface area contributed by atoms with Gasteiger partial charge in [-0.25, -0.2) is 9.78 Å². The topological polar surface area (TPSA) is 568 Å². The van der Waals surface area contributed by atoms with Gasteiger partial charge in [-0.2, -0.15) is 0 Å². The van der Waals surface area contributed by atoms with Gasteiger partial charge in [0.1, 0.15) is 53.8 Å². The van der Waals surface area contributed by atoms with E-state index in [1.165, 1.54) is 73.2 Å². The molecule has 0 saturated heterocycles. The molecule has 4 rings (SSSR count). The molecule has 0 aliphatic rings. The zero-order chi connectivity index (χ0) is 66.5. The number of nitrogens with two attached hydrogens (primary N) is 1. The normalized spacial score (nSPS) is 13.4. The van der Waals surface area contributed by atoms with E-state index in [2.05, 4.69) is 68.5 Å². The van der Waals surface area contributed by atoms with Gasteiger partial charge in [-0.3, -0.25) is 62.3 Å². The van der Waals surface area contributed by atoms with E-state index < -0.39 is 183 Å². The predicted octanol–water partition coefficient (Wildman–Crippen LogP) is -7.70. The Hall–Kier alpha value is -11.1.